The van der Waals surface area contributed by atoms with Gasteiger partial charge in [0.05, 0.1) is 17.5 Å². The smallest absolute Gasteiger partial charge is 0.243 e. The standard InChI is InChI=1S/C22H24N2O3S2/c1-16-11-12-19(14-17(16)2)29(26,27)24(3)15-21(25)23-22(20-10-7-13-28-20)18-8-5-4-6-9-18/h4-14,22H,15H2,1-3H3,(H,23,25). The molecule has 0 bridgehead atoms. The Morgan fingerprint density at radius 1 is 1.03 bits per heavy atom. The number of hydrogen-bond acceptors (Lipinski definition) is 4. The van der Waals surface area contributed by atoms with Crippen molar-refractivity contribution in [3.63, 3.8) is 0 Å². The van der Waals surface area contributed by atoms with Crippen LogP contribution in [0.2, 0.25) is 0 Å². The van der Waals surface area contributed by atoms with Crippen LogP contribution in [0.15, 0.2) is 70.9 Å². The summed E-state index contributed by atoms with van der Waals surface area (Å²) >= 11 is 1.55. The minimum absolute atomic E-state index is 0.189. The molecule has 1 N–H and O–H groups in total. The molecule has 0 aliphatic heterocycles. The molecule has 7 heteroatoms. The minimum atomic E-state index is -3.75. The lowest BCUT2D eigenvalue weighted by Gasteiger charge is -2.21. The number of thiophene rings is 1. The molecule has 1 aromatic heterocycles. The van der Waals surface area contributed by atoms with Gasteiger partial charge in [-0.2, -0.15) is 4.31 Å². The molecule has 3 aromatic rings. The first-order valence-electron chi connectivity index (χ1n) is 9.20. The maximum Gasteiger partial charge on any atom is 0.243 e. The average molecular weight is 429 g/mol. The predicted octanol–water partition coefficient (Wildman–Crippen LogP) is 3.89. The summed E-state index contributed by atoms with van der Waals surface area (Å²) in [5, 5.41) is 4.93. The zero-order chi connectivity index (χ0) is 21.0. The number of nitrogens with zero attached hydrogens (tertiary/aromatic N) is 1. The summed E-state index contributed by atoms with van der Waals surface area (Å²) < 4.78 is 26.8. The number of hydrogen-bond donors (Lipinski definition) is 1. The molecule has 1 unspecified atom stereocenters. The van der Waals surface area contributed by atoms with Gasteiger partial charge in [0.25, 0.3) is 0 Å². The number of benzene rings is 2. The maximum atomic E-state index is 12.9. The highest BCUT2D eigenvalue weighted by Gasteiger charge is 2.25. The number of rotatable bonds is 7. The van der Waals surface area contributed by atoms with E-state index >= 15 is 0 Å². The number of likely N-dealkylation sites (N-methyl/N-ethyl adjacent to an activating group) is 1. The van der Waals surface area contributed by atoms with Crippen LogP contribution in [0.5, 0.6) is 0 Å². The van der Waals surface area contributed by atoms with E-state index < -0.39 is 10.0 Å². The molecule has 0 spiro atoms. The van der Waals surface area contributed by atoms with E-state index in [0.717, 1.165) is 25.9 Å². The predicted molar refractivity (Wildman–Crippen MR) is 116 cm³/mol. The van der Waals surface area contributed by atoms with E-state index in [1.54, 1.807) is 29.5 Å². The summed E-state index contributed by atoms with van der Waals surface area (Å²) in [7, 11) is -2.33. The first-order chi connectivity index (χ1) is 13.8. The van der Waals surface area contributed by atoms with Crippen LogP contribution in [0.25, 0.3) is 0 Å². The van der Waals surface area contributed by atoms with Crippen molar-refractivity contribution < 1.29 is 13.2 Å². The van der Waals surface area contributed by atoms with E-state index in [4.69, 9.17) is 0 Å². The topological polar surface area (TPSA) is 66.5 Å². The van der Waals surface area contributed by atoms with Crippen molar-refractivity contribution in [2.45, 2.75) is 24.8 Å². The van der Waals surface area contributed by atoms with Crippen molar-refractivity contribution in [1.82, 2.24) is 9.62 Å². The zero-order valence-electron chi connectivity index (χ0n) is 16.6. The highest BCUT2D eigenvalue weighted by atomic mass is 32.2. The molecule has 0 saturated heterocycles. The third-order valence-electron chi connectivity index (χ3n) is 4.82. The van der Waals surface area contributed by atoms with E-state index in [-0.39, 0.29) is 23.4 Å². The van der Waals surface area contributed by atoms with Gasteiger partial charge in [-0.15, -0.1) is 11.3 Å². The third-order valence-corrected chi connectivity index (χ3v) is 7.56. The van der Waals surface area contributed by atoms with Gasteiger partial charge in [0.1, 0.15) is 0 Å². The monoisotopic (exact) mass is 428 g/mol. The summed E-state index contributed by atoms with van der Waals surface area (Å²) in [4.78, 5) is 13.9. The van der Waals surface area contributed by atoms with Crippen molar-refractivity contribution in [1.29, 1.82) is 0 Å². The number of amides is 1. The fourth-order valence-electron chi connectivity index (χ4n) is 2.97. The Bertz CT molecular complexity index is 1080. The summed E-state index contributed by atoms with van der Waals surface area (Å²) in [5.41, 5.74) is 2.86. The second-order valence-corrected chi connectivity index (χ2v) is 9.96. The molecule has 1 amide bonds. The highest BCUT2D eigenvalue weighted by molar-refractivity contribution is 7.89. The second-order valence-electron chi connectivity index (χ2n) is 6.93. The molecule has 0 aliphatic carbocycles. The SMILES string of the molecule is Cc1ccc(S(=O)(=O)N(C)CC(=O)NC(c2ccccc2)c2cccs2)cc1C. The van der Waals surface area contributed by atoms with Gasteiger partial charge in [0.2, 0.25) is 15.9 Å². The summed E-state index contributed by atoms with van der Waals surface area (Å²) in [6, 6.07) is 18.2. The first kappa shape index (κ1) is 21.2. The fraction of sp³-hybridized carbons (Fsp3) is 0.227. The molecule has 0 saturated carbocycles. The largest absolute Gasteiger partial charge is 0.343 e. The Morgan fingerprint density at radius 2 is 1.76 bits per heavy atom. The van der Waals surface area contributed by atoms with Gasteiger partial charge in [0, 0.05) is 11.9 Å². The van der Waals surface area contributed by atoms with Crippen molar-refractivity contribution in [3.8, 4) is 0 Å². The van der Waals surface area contributed by atoms with Gasteiger partial charge in [-0.1, -0.05) is 42.5 Å². The number of aryl methyl sites for hydroxylation is 2. The number of nitrogens with one attached hydrogen (secondary N) is 1. The highest BCUT2D eigenvalue weighted by Crippen LogP contribution is 2.26. The number of carbonyl (C=O) groups is 1. The van der Waals surface area contributed by atoms with Crippen molar-refractivity contribution in [2.24, 2.45) is 0 Å². The van der Waals surface area contributed by atoms with Crippen LogP contribution in [-0.2, 0) is 14.8 Å². The molecule has 1 heterocycles. The third kappa shape index (κ3) is 4.93. The lowest BCUT2D eigenvalue weighted by Crippen LogP contribution is -2.40. The summed E-state index contributed by atoms with van der Waals surface area (Å²) in [6.07, 6.45) is 0. The van der Waals surface area contributed by atoms with Crippen LogP contribution in [0, 0.1) is 13.8 Å². The van der Waals surface area contributed by atoms with E-state index in [2.05, 4.69) is 5.32 Å². The number of carbonyl (C=O) groups excluding carboxylic acids is 1. The molecule has 152 valence electrons. The molecule has 0 fully saturated rings. The molecule has 29 heavy (non-hydrogen) atoms. The molecule has 1 atom stereocenters. The Kier molecular flexibility index (Phi) is 6.52. The fourth-order valence-corrected chi connectivity index (χ4v) is 4.98. The van der Waals surface area contributed by atoms with Crippen LogP contribution in [0.3, 0.4) is 0 Å². The van der Waals surface area contributed by atoms with Gasteiger partial charge in [-0.25, -0.2) is 8.42 Å². The summed E-state index contributed by atoms with van der Waals surface area (Å²) in [5.74, 6) is -0.359. The first-order valence-corrected chi connectivity index (χ1v) is 11.5. The zero-order valence-corrected chi connectivity index (χ0v) is 18.3. The normalized spacial score (nSPS) is 12.7. The summed E-state index contributed by atoms with van der Waals surface area (Å²) in [6.45, 7) is 3.54. The van der Waals surface area contributed by atoms with Crippen LogP contribution in [0.4, 0.5) is 0 Å². The van der Waals surface area contributed by atoms with Crippen LogP contribution in [0.1, 0.15) is 27.6 Å². The Labute approximate surface area is 176 Å². The lowest BCUT2D eigenvalue weighted by molar-refractivity contribution is -0.121. The van der Waals surface area contributed by atoms with Gasteiger partial charge < -0.3 is 5.32 Å². The molecule has 3 rings (SSSR count). The van der Waals surface area contributed by atoms with Gasteiger partial charge in [0.15, 0.2) is 0 Å². The number of sulfonamides is 1. The van der Waals surface area contributed by atoms with E-state index in [0.29, 0.717) is 0 Å². The van der Waals surface area contributed by atoms with Gasteiger partial charge in [-0.05, 0) is 54.1 Å². The van der Waals surface area contributed by atoms with Gasteiger partial charge >= 0.3 is 0 Å². The van der Waals surface area contributed by atoms with E-state index in [1.807, 2.05) is 61.7 Å². The second kappa shape index (κ2) is 8.90. The van der Waals surface area contributed by atoms with Crippen molar-refractivity contribution >= 4 is 27.3 Å². The quantitative estimate of drug-likeness (QED) is 0.621. The maximum absolute atomic E-state index is 12.9. The molecule has 2 aromatic carbocycles. The van der Waals surface area contributed by atoms with Crippen molar-refractivity contribution in [2.75, 3.05) is 13.6 Å². The van der Waals surface area contributed by atoms with Crippen LogP contribution < -0.4 is 5.32 Å². The van der Waals surface area contributed by atoms with Gasteiger partial charge in [-0.3, -0.25) is 4.79 Å². The molecular formula is C22H24N2O3S2. The van der Waals surface area contributed by atoms with Crippen LogP contribution >= 0.6 is 11.3 Å². The molecule has 0 radical (unpaired) electrons. The molecule has 0 aliphatic rings. The van der Waals surface area contributed by atoms with Crippen LogP contribution in [-0.4, -0.2) is 32.2 Å². The Morgan fingerprint density at radius 3 is 2.38 bits per heavy atom. The Hall–Kier alpha value is -2.48. The molecule has 5 nitrogen and oxygen atoms in total. The molecular weight excluding hydrogens is 404 g/mol. The Balaban J connectivity index is 1.76. The van der Waals surface area contributed by atoms with Crippen molar-refractivity contribution in [3.05, 3.63) is 87.6 Å². The minimum Gasteiger partial charge on any atom is -0.343 e. The van der Waals surface area contributed by atoms with E-state index in [9.17, 15) is 13.2 Å². The lowest BCUT2D eigenvalue weighted by atomic mass is 10.1. The van der Waals surface area contributed by atoms with E-state index in [1.165, 1.54) is 7.05 Å². The average Bonchev–Trinajstić information content (AvgIpc) is 3.23.